The molecule has 1 aliphatic rings. The molecular formula is C29H27N7O2. The Balaban J connectivity index is 1.21. The first-order chi connectivity index (χ1) is 18.6. The quantitative estimate of drug-likeness (QED) is 0.290. The molecule has 5 aromatic rings. The Morgan fingerprint density at radius 1 is 1.11 bits per heavy atom. The van der Waals surface area contributed by atoms with Crippen LogP contribution in [0.15, 0.2) is 85.8 Å². The van der Waals surface area contributed by atoms with Crippen LogP contribution in [0, 0.1) is 0 Å². The molecule has 0 saturated carbocycles. The smallest absolute Gasteiger partial charge is 0.253 e. The number of benzene rings is 2. The van der Waals surface area contributed by atoms with E-state index >= 15 is 0 Å². The molecule has 3 N–H and O–H groups in total. The molecule has 1 aliphatic heterocycles. The molecule has 0 aliphatic carbocycles. The molecule has 0 bridgehead atoms. The fraction of sp³-hybridized carbons (Fsp3) is 0.172. The van der Waals surface area contributed by atoms with E-state index in [1.54, 1.807) is 35.0 Å². The fourth-order valence-corrected chi connectivity index (χ4v) is 5.04. The van der Waals surface area contributed by atoms with Crippen molar-refractivity contribution in [2.24, 2.45) is 0 Å². The molecule has 0 unspecified atom stereocenters. The van der Waals surface area contributed by atoms with Gasteiger partial charge in [-0.1, -0.05) is 24.8 Å². The van der Waals surface area contributed by atoms with Crippen LogP contribution in [-0.4, -0.2) is 55.4 Å². The molecule has 2 aromatic carbocycles. The highest BCUT2D eigenvalue weighted by Crippen LogP contribution is 2.32. The molecule has 1 saturated heterocycles. The monoisotopic (exact) mass is 505 g/mol. The summed E-state index contributed by atoms with van der Waals surface area (Å²) in [5.74, 6) is 0.414. The number of carbonyl (C=O) groups excluding carboxylic acids is 2. The summed E-state index contributed by atoms with van der Waals surface area (Å²) < 4.78 is 1.79. The van der Waals surface area contributed by atoms with E-state index in [0.29, 0.717) is 24.3 Å². The second-order valence-electron chi connectivity index (χ2n) is 9.39. The summed E-state index contributed by atoms with van der Waals surface area (Å²) in [4.78, 5) is 34.5. The zero-order chi connectivity index (χ0) is 26.1. The predicted octanol–water partition coefficient (Wildman–Crippen LogP) is 4.72. The summed E-state index contributed by atoms with van der Waals surface area (Å²) in [5, 5.41) is 12.1. The zero-order valence-corrected chi connectivity index (χ0v) is 20.7. The van der Waals surface area contributed by atoms with Gasteiger partial charge < -0.3 is 20.5 Å². The number of aromatic nitrogens is 4. The van der Waals surface area contributed by atoms with Gasteiger partial charge >= 0.3 is 0 Å². The maximum absolute atomic E-state index is 13.2. The number of amides is 2. The summed E-state index contributed by atoms with van der Waals surface area (Å²) in [6.07, 6.45) is 8.63. The molecule has 0 radical (unpaired) electrons. The normalized spacial score (nSPS) is 15.5. The van der Waals surface area contributed by atoms with Crippen LogP contribution in [0.1, 0.15) is 23.2 Å². The maximum Gasteiger partial charge on any atom is 0.253 e. The second-order valence-corrected chi connectivity index (χ2v) is 9.39. The standard InChI is InChI=1S/C29H27N7O2/c1-2-27(37)33-20-11-9-19(10-12-20)29(38)35-14-5-6-21(18-35)32-26-16-23(28-30-13-15-36(28)34-26)24-17-31-25-8-4-3-7-22(24)25/h2-4,7-13,15-17,21,31H,1,5-6,14,18H2,(H,32,34)(H,33,37)/t21-/m0/s1. The molecule has 9 nitrogen and oxygen atoms in total. The zero-order valence-electron chi connectivity index (χ0n) is 20.7. The number of H-pyrrole nitrogens is 1. The number of rotatable bonds is 6. The van der Waals surface area contributed by atoms with E-state index in [0.717, 1.165) is 46.3 Å². The molecule has 2 amide bonds. The van der Waals surface area contributed by atoms with Crippen LogP contribution in [0.3, 0.4) is 0 Å². The minimum atomic E-state index is -0.288. The van der Waals surface area contributed by atoms with Gasteiger partial charge in [-0.15, -0.1) is 5.10 Å². The molecule has 9 heteroatoms. The number of hydrogen-bond acceptors (Lipinski definition) is 5. The van der Waals surface area contributed by atoms with Gasteiger partial charge in [-0.2, -0.15) is 0 Å². The predicted molar refractivity (Wildman–Crippen MR) is 148 cm³/mol. The van der Waals surface area contributed by atoms with Crippen molar-refractivity contribution < 1.29 is 9.59 Å². The van der Waals surface area contributed by atoms with Crippen molar-refractivity contribution in [2.75, 3.05) is 23.7 Å². The first kappa shape index (κ1) is 23.5. The minimum absolute atomic E-state index is 0.0319. The Labute approximate surface area is 219 Å². The molecule has 190 valence electrons. The van der Waals surface area contributed by atoms with E-state index < -0.39 is 0 Å². The third-order valence-corrected chi connectivity index (χ3v) is 6.88. The summed E-state index contributed by atoms with van der Waals surface area (Å²) in [6.45, 7) is 4.72. The summed E-state index contributed by atoms with van der Waals surface area (Å²) >= 11 is 0. The van der Waals surface area contributed by atoms with Gasteiger partial charge in [0.05, 0.1) is 0 Å². The van der Waals surface area contributed by atoms with Crippen LogP contribution in [0.2, 0.25) is 0 Å². The molecular weight excluding hydrogens is 478 g/mol. The van der Waals surface area contributed by atoms with Crippen molar-refractivity contribution in [3.05, 3.63) is 91.4 Å². The highest BCUT2D eigenvalue weighted by molar-refractivity contribution is 6.00. The van der Waals surface area contributed by atoms with Crippen molar-refractivity contribution in [3.63, 3.8) is 0 Å². The van der Waals surface area contributed by atoms with Gasteiger partial charge in [0.25, 0.3) is 5.91 Å². The van der Waals surface area contributed by atoms with Crippen molar-refractivity contribution in [1.82, 2.24) is 24.5 Å². The van der Waals surface area contributed by atoms with Gasteiger partial charge in [-0.3, -0.25) is 9.59 Å². The number of fused-ring (bicyclic) bond motifs is 2. The summed E-state index contributed by atoms with van der Waals surface area (Å²) in [7, 11) is 0. The Hall–Kier alpha value is -4.92. The van der Waals surface area contributed by atoms with Gasteiger partial charge in [0.2, 0.25) is 5.91 Å². The molecule has 3 aromatic heterocycles. The van der Waals surface area contributed by atoms with Gasteiger partial charge in [0.15, 0.2) is 5.65 Å². The lowest BCUT2D eigenvalue weighted by atomic mass is 10.0. The van der Waals surface area contributed by atoms with Crippen LogP contribution in [0.25, 0.3) is 27.7 Å². The second kappa shape index (κ2) is 9.85. The number of imidazole rings is 1. The van der Waals surface area contributed by atoms with Crippen LogP contribution < -0.4 is 10.6 Å². The average Bonchev–Trinajstić information content (AvgIpc) is 3.60. The van der Waals surface area contributed by atoms with Crippen molar-refractivity contribution in [3.8, 4) is 11.1 Å². The number of nitrogens with zero attached hydrogens (tertiary/aromatic N) is 4. The average molecular weight is 506 g/mol. The number of aromatic amines is 1. The highest BCUT2D eigenvalue weighted by atomic mass is 16.2. The van der Waals surface area contributed by atoms with Gasteiger partial charge in [0.1, 0.15) is 5.82 Å². The van der Waals surface area contributed by atoms with E-state index in [1.807, 2.05) is 35.5 Å². The Morgan fingerprint density at radius 2 is 1.95 bits per heavy atom. The lowest BCUT2D eigenvalue weighted by Gasteiger charge is -2.33. The minimum Gasteiger partial charge on any atom is -0.364 e. The highest BCUT2D eigenvalue weighted by Gasteiger charge is 2.25. The fourth-order valence-electron chi connectivity index (χ4n) is 5.04. The molecule has 0 spiro atoms. The van der Waals surface area contributed by atoms with Crippen molar-refractivity contribution in [2.45, 2.75) is 18.9 Å². The number of piperidine rings is 1. The van der Waals surface area contributed by atoms with Crippen molar-refractivity contribution in [1.29, 1.82) is 0 Å². The van der Waals surface area contributed by atoms with E-state index in [2.05, 4.69) is 39.3 Å². The topological polar surface area (TPSA) is 107 Å². The SMILES string of the molecule is C=CC(=O)Nc1ccc(C(=O)N2CCC[C@H](Nc3cc(-c4c[nH]c5ccccc45)c4nccn4n3)C2)cc1. The van der Waals surface area contributed by atoms with E-state index in [4.69, 9.17) is 5.10 Å². The summed E-state index contributed by atoms with van der Waals surface area (Å²) in [6, 6.07) is 17.2. The lowest BCUT2D eigenvalue weighted by Crippen LogP contribution is -2.45. The van der Waals surface area contributed by atoms with Crippen molar-refractivity contribution >= 4 is 39.9 Å². The number of para-hydroxylation sites is 1. The molecule has 1 fully saturated rings. The Bertz CT molecular complexity index is 1650. The maximum atomic E-state index is 13.2. The third kappa shape index (κ3) is 4.50. The van der Waals surface area contributed by atoms with Gasteiger partial charge in [-0.05, 0) is 55.3 Å². The van der Waals surface area contributed by atoms with Crippen LogP contribution in [0.4, 0.5) is 11.5 Å². The van der Waals surface area contributed by atoms with E-state index in [-0.39, 0.29) is 17.9 Å². The Kier molecular flexibility index (Phi) is 6.09. The van der Waals surface area contributed by atoms with Crippen LogP contribution in [-0.2, 0) is 4.79 Å². The number of nitrogens with one attached hydrogen (secondary N) is 3. The third-order valence-electron chi connectivity index (χ3n) is 6.88. The first-order valence-corrected chi connectivity index (χ1v) is 12.6. The number of carbonyl (C=O) groups is 2. The molecule has 38 heavy (non-hydrogen) atoms. The molecule has 6 rings (SSSR count). The number of hydrogen-bond donors (Lipinski definition) is 3. The van der Waals surface area contributed by atoms with Gasteiger partial charge in [-0.25, -0.2) is 9.50 Å². The largest absolute Gasteiger partial charge is 0.364 e. The first-order valence-electron chi connectivity index (χ1n) is 12.6. The summed E-state index contributed by atoms with van der Waals surface area (Å²) in [5.41, 5.74) is 5.11. The van der Waals surface area contributed by atoms with Crippen LogP contribution >= 0.6 is 0 Å². The van der Waals surface area contributed by atoms with E-state index in [9.17, 15) is 9.59 Å². The van der Waals surface area contributed by atoms with Crippen LogP contribution in [0.5, 0.6) is 0 Å². The molecule has 1 atom stereocenters. The lowest BCUT2D eigenvalue weighted by molar-refractivity contribution is -0.111. The Morgan fingerprint density at radius 3 is 2.79 bits per heavy atom. The van der Waals surface area contributed by atoms with E-state index in [1.165, 1.54) is 6.08 Å². The molecule has 4 heterocycles. The van der Waals surface area contributed by atoms with Gasteiger partial charge in [0, 0.05) is 71.0 Å². The number of likely N-dealkylation sites (tertiary alicyclic amines) is 1. The number of anilines is 2.